The van der Waals surface area contributed by atoms with Crippen LogP contribution in [0.25, 0.3) is 0 Å². The second kappa shape index (κ2) is 5.46. The van der Waals surface area contributed by atoms with E-state index in [0.29, 0.717) is 19.4 Å². The van der Waals surface area contributed by atoms with Crippen LogP contribution in [0.15, 0.2) is 0 Å². The van der Waals surface area contributed by atoms with Gasteiger partial charge in [-0.05, 0) is 57.8 Å². The zero-order valence-corrected chi connectivity index (χ0v) is 10.5. The molecular formula is C13H25FN2. The molecular weight excluding hydrogens is 203 g/mol. The molecule has 16 heavy (non-hydrogen) atoms. The highest BCUT2D eigenvalue weighted by atomic mass is 19.1. The van der Waals surface area contributed by atoms with Crippen LogP contribution in [0.5, 0.6) is 0 Å². The van der Waals surface area contributed by atoms with Crippen molar-refractivity contribution in [2.75, 3.05) is 32.7 Å². The molecule has 0 unspecified atom stereocenters. The zero-order chi connectivity index (χ0) is 11.4. The molecule has 0 aromatic heterocycles. The Morgan fingerprint density at radius 3 is 2.44 bits per heavy atom. The Bertz CT molecular complexity index is 206. The second-order valence-corrected chi connectivity index (χ2v) is 5.53. The van der Waals surface area contributed by atoms with Crippen LogP contribution in [0.3, 0.4) is 0 Å². The van der Waals surface area contributed by atoms with E-state index < -0.39 is 5.67 Å². The second-order valence-electron chi connectivity index (χ2n) is 5.53. The van der Waals surface area contributed by atoms with E-state index in [4.69, 9.17) is 0 Å². The van der Waals surface area contributed by atoms with Gasteiger partial charge in [-0.1, -0.05) is 13.3 Å². The van der Waals surface area contributed by atoms with Gasteiger partial charge in [0.15, 0.2) is 0 Å². The number of hydrogen-bond donors (Lipinski definition) is 1. The highest BCUT2D eigenvalue weighted by Crippen LogP contribution is 2.27. The Hall–Kier alpha value is -0.150. The zero-order valence-electron chi connectivity index (χ0n) is 10.5. The molecule has 0 aromatic rings. The highest BCUT2D eigenvalue weighted by molar-refractivity contribution is 4.89. The molecule has 0 bridgehead atoms. The molecule has 2 saturated heterocycles. The molecule has 2 aliphatic heterocycles. The molecule has 94 valence electrons. The smallest absolute Gasteiger partial charge is 0.126 e. The number of piperidine rings is 2. The van der Waals surface area contributed by atoms with Crippen molar-refractivity contribution in [1.82, 2.24) is 10.2 Å². The van der Waals surface area contributed by atoms with Crippen molar-refractivity contribution in [2.24, 2.45) is 5.92 Å². The molecule has 2 aliphatic rings. The van der Waals surface area contributed by atoms with Crippen molar-refractivity contribution < 1.29 is 4.39 Å². The molecule has 2 nitrogen and oxygen atoms in total. The molecule has 2 heterocycles. The van der Waals surface area contributed by atoms with Crippen molar-refractivity contribution >= 4 is 0 Å². The van der Waals surface area contributed by atoms with Crippen LogP contribution < -0.4 is 5.32 Å². The maximum absolute atomic E-state index is 14.5. The first-order valence-corrected chi connectivity index (χ1v) is 6.84. The van der Waals surface area contributed by atoms with E-state index in [2.05, 4.69) is 17.1 Å². The summed E-state index contributed by atoms with van der Waals surface area (Å²) < 4.78 is 14.5. The van der Waals surface area contributed by atoms with Gasteiger partial charge in [-0.15, -0.1) is 0 Å². The van der Waals surface area contributed by atoms with E-state index in [-0.39, 0.29) is 0 Å². The minimum atomic E-state index is -0.912. The van der Waals surface area contributed by atoms with Crippen molar-refractivity contribution in [2.45, 2.75) is 44.7 Å². The third-order valence-electron chi connectivity index (χ3n) is 4.29. The molecule has 1 N–H and O–H groups in total. The van der Waals surface area contributed by atoms with Crippen molar-refractivity contribution in [1.29, 1.82) is 0 Å². The average Bonchev–Trinajstić information content (AvgIpc) is 2.30. The maximum Gasteiger partial charge on any atom is 0.126 e. The Morgan fingerprint density at radius 1 is 1.25 bits per heavy atom. The first kappa shape index (κ1) is 12.3. The topological polar surface area (TPSA) is 15.3 Å². The predicted octanol–water partition coefficient (Wildman–Crippen LogP) is 2.20. The number of rotatable bonds is 3. The van der Waals surface area contributed by atoms with Gasteiger partial charge in [0, 0.05) is 6.54 Å². The number of hydrogen-bond acceptors (Lipinski definition) is 2. The van der Waals surface area contributed by atoms with Gasteiger partial charge < -0.3 is 10.2 Å². The maximum atomic E-state index is 14.5. The first-order valence-electron chi connectivity index (χ1n) is 6.84. The van der Waals surface area contributed by atoms with Gasteiger partial charge in [0.05, 0.1) is 0 Å². The van der Waals surface area contributed by atoms with Crippen molar-refractivity contribution in [3.8, 4) is 0 Å². The van der Waals surface area contributed by atoms with Crippen LogP contribution >= 0.6 is 0 Å². The molecule has 3 heteroatoms. The van der Waals surface area contributed by atoms with Crippen molar-refractivity contribution in [3.05, 3.63) is 0 Å². The molecule has 0 aromatic carbocycles. The van der Waals surface area contributed by atoms with Crippen LogP contribution in [-0.4, -0.2) is 43.3 Å². The minimum Gasteiger partial charge on any atom is -0.316 e. The average molecular weight is 228 g/mol. The predicted molar refractivity (Wildman–Crippen MR) is 65.4 cm³/mol. The number of likely N-dealkylation sites (tertiary alicyclic amines) is 1. The summed E-state index contributed by atoms with van der Waals surface area (Å²) in [5, 5.41) is 3.23. The third-order valence-corrected chi connectivity index (χ3v) is 4.29. The summed E-state index contributed by atoms with van der Waals surface area (Å²) >= 11 is 0. The SMILES string of the molecule is CCC1CCN(CC2(F)CCNCC2)CC1. The fourth-order valence-electron chi connectivity index (χ4n) is 2.99. The standard InChI is InChI=1S/C13H25FN2/c1-2-12-3-9-16(10-4-12)11-13(14)5-7-15-8-6-13/h12,15H,2-11H2,1H3. The summed E-state index contributed by atoms with van der Waals surface area (Å²) in [7, 11) is 0. The number of nitrogens with one attached hydrogen (secondary N) is 1. The Labute approximate surface area is 98.6 Å². The van der Waals surface area contributed by atoms with Crippen LogP contribution in [0.2, 0.25) is 0 Å². The lowest BCUT2D eigenvalue weighted by Gasteiger charge is -2.38. The van der Waals surface area contributed by atoms with E-state index in [1.165, 1.54) is 19.3 Å². The number of halogens is 1. The van der Waals surface area contributed by atoms with Crippen molar-refractivity contribution in [3.63, 3.8) is 0 Å². The van der Waals surface area contributed by atoms with Gasteiger partial charge in [0.1, 0.15) is 5.67 Å². The molecule has 2 rings (SSSR count). The van der Waals surface area contributed by atoms with E-state index >= 15 is 0 Å². The molecule has 0 spiro atoms. The highest BCUT2D eigenvalue weighted by Gasteiger charge is 2.34. The van der Waals surface area contributed by atoms with Gasteiger partial charge in [0.25, 0.3) is 0 Å². The molecule has 0 amide bonds. The van der Waals surface area contributed by atoms with Gasteiger partial charge in [-0.3, -0.25) is 0 Å². The quantitative estimate of drug-likeness (QED) is 0.796. The van der Waals surface area contributed by atoms with Gasteiger partial charge >= 0.3 is 0 Å². The Morgan fingerprint density at radius 2 is 1.88 bits per heavy atom. The van der Waals surface area contributed by atoms with Crippen LogP contribution in [-0.2, 0) is 0 Å². The summed E-state index contributed by atoms with van der Waals surface area (Å²) in [6.07, 6.45) is 5.22. The van der Waals surface area contributed by atoms with E-state index in [1.54, 1.807) is 0 Å². The molecule has 0 atom stereocenters. The summed E-state index contributed by atoms with van der Waals surface area (Å²) in [5.41, 5.74) is -0.912. The van der Waals surface area contributed by atoms with E-state index in [1.807, 2.05) is 0 Å². The van der Waals surface area contributed by atoms with Gasteiger partial charge in [-0.2, -0.15) is 0 Å². The Kier molecular flexibility index (Phi) is 4.20. The number of nitrogens with zero attached hydrogens (tertiary/aromatic N) is 1. The third kappa shape index (κ3) is 3.17. The fraction of sp³-hybridized carbons (Fsp3) is 1.00. The molecule has 2 fully saturated rings. The first-order chi connectivity index (χ1) is 7.72. The summed E-state index contributed by atoms with van der Waals surface area (Å²) in [4.78, 5) is 2.34. The van der Waals surface area contributed by atoms with Crippen LogP contribution in [0.1, 0.15) is 39.0 Å². The lowest BCUT2D eigenvalue weighted by molar-refractivity contribution is 0.0457. The Balaban J connectivity index is 1.77. The van der Waals surface area contributed by atoms with Crippen LogP contribution in [0, 0.1) is 5.92 Å². The van der Waals surface area contributed by atoms with Gasteiger partial charge in [-0.25, -0.2) is 4.39 Å². The van der Waals surface area contributed by atoms with Gasteiger partial charge in [0.2, 0.25) is 0 Å². The summed E-state index contributed by atoms with van der Waals surface area (Å²) in [5.74, 6) is 0.889. The molecule has 0 saturated carbocycles. The monoisotopic (exact) mass is 228 g/mol. The number of alkyl halides is 1. The lowest BCUT2D eigenvalue weighted by atomic mass is 9.90. The lowest BCUT2D eigenvalue weighted by Crippen LogP contribution is -2.48. The largest absolute Gasteiger partial charge is 0.316 e. The fourth-order valence-corrected chi connectivity index (χ4v) is 2.99. The van der Waals surface area contributed by atoms with E-state index in [9.17, 15) is 4.39 Å². The van der Waals surface area contributed by atoms with E-state index in [0.717, 1.165) is 32.1 Å². The summed E-state index contributed by atoms with van der Waals surface area (Å²) in [6.45, 7) is 6.86. The molecule has 0 radical (unpaired) electrons. The summed E-state index contributed by atoms with van der Waals surface area (Å²) in [6, 6.07) is 0. The minimum absolute atomic E-state index is 0.672. The molecule has 0 aliphatic carbocycles. The van der Waals surface area contributed by atoms with Crippen LogP contribution in [0.4, 0.5) is 4.39 Å². The normalized spacial score (nSPS) is 28.1.